The normalized spacial score (nSPS) is 11.3. The Kier molecular flexibility index (Phi) is 2.81. The van der Waals surface area contributed by atoms with Crippen LogP contribution in [0.1, 0.15) is 12.7 Å². The second kappa shape index (κ2) is 3.83. The molecule has 15 heavy (non-hydrogen) atoms. The molecule has 2 aromatic rings. The fraction of sp³-hybridized carbons (Fsp3) is 0.222. The molecule has 1 N–H and O–H groups in total. The minimum absolute atomic E-state index is 0.0501. The predicted octanol–water partition coefficient (Wildman–Crippen LogP) is 3.93. The van der Waals surface area contributed by atoms with E-state index in [0.717, 1.165) is 0 Å². The third kappa shape index (κ3) is 1.59. The van der Waals surface area contributed by atoms with Crippen molar-refractivity contribution in [2.24, 2.45) is 0 Å². The summed E-state index contributed by atoms with van der Waals surface area (Å²) in [6.07, 6.45) is 0.677. The van der Waals surface area contributed by atoms with Gasteiger partial charge in [-0.1, -0.05) is 6.92 Å². The summed E-state index contributed by atoms with van der Waals surface area (Å²) in [6.45, 7) is 1.91. The van der Waals surface area contributed by atoms with E-state index < -0.39 is 11.6 Å². The molecule has 0 aliphatic carbocycles. The standard InChI is InChI=1S/C9H6Br2F2N2/c1-2-3-14-8-4(10)6(12)7(13)5(11)9(8)15-3/h2H2,1H3,(H,14,15). The summed E-state index contributed by atoms with van der Waals surface area (Å²) in [5.74, 6) is -1.15. The Hall–Kier alpha value is -0.490. The number of aromatic nitrogens is 2. The van der Waals surface area contributed by atoms with Gasteiger partial charge in [-0.2, -0.15) is 0 Å². The lowest BCUT2D eigenvalue weighted by Crippen LogP contribution is -1.89. The van der Waals surface area contributed by atoms with Crippen molar-refractivity contribution in [1.29, 1.82) is 0 Å². The first-order valence-corrected chi connectivity index (χ1v) is 5.85. The number of H-pyrrole nitrogens is 1. The van der Waals surface area contributed by atoms with Gasteiger partial charge >= 0.3 is 0 Å². The Labute approximate surface area is 101 Å². The molecular weight excluding hydrogens is 334 g/mol. The molecule has 80 valence electrons. The van der Waals surface area contributed by atoms with Gasteiger partial charge in [-0.05, 0) is 31.9 Å². The zero-order valence-electron chi connectivity index (χ0n) is 7.67. The summed E-state index contributed by atoms with van der Waals surface area (Å²) in [4.78, 5) is 7.08. The molecule has 0 spiro atoms. The second-order valence-corrected chi connectivity index (χ2v) is 4.60. The molecule has 0 saturated heterocycles. The largest absolute Gasteiger partial charge is 0.341 e. The molecule has 2 rings (SSSR count). The van der Waals surface area contributed by atoms with E-state index in [9.17, 15) is 8.78 Å². The SMILES string of the molecule is CCc1nc2c(Br)c(F)c(F)c(Br)c2[nH]1. The van der Waals surface area contributed by atoms with Crippen LogP contribution in [0, 0.1) is 11.6 Å². The Bertz CT molecular complexity index is 492. The second-order valence-electron chi connectivity index (χ2n) is 3.02. The summed E-state index contributed by atoms with van der Waals surface area (Å²) in [5, 5.41) is 0. The third-order valence-corrected chi connectivity index (χ3v) is 3.56. The molecular formula is C9H6Br2F2N2. The molecule has 0 aliphatic heterocycles. The van der Waals surface area contributed by atoms with Gasteiger partial charge in [0.1, 0.15) is 11.3 Å². The van der Waals surface area contributed by atoms with E-state index in [1.165, 1.54) is 0 Å². The highest BCUT2D eigenvalue weighted by Gasteiger charge is 2.19. The fourth-order valence-electron chi connectivity index (χ4n) is 1.31. The summed E-state index contributed by atoms with van der Waals surface area (Å²) in [7, 11) is 0. The van der Waals surface area contributed by atoms with Gasteiger partial charge in [-0.25, -0.2) is 13.8 Å². The first kappa shape index (κ1) is 11.0. The minimum Gasteiger partial charge on any atom is -0.341 e. The van der Waals surface area contributed by atoms with Crippen molar-refractivity contribution >= 4 is 42.9 Å². The van der Waals surface area contributed by atoms with Gasteiger partial charge in [-0.15, -0.1) is 0 Å². The Morgan fingerprint density at radius 3 is 2.40 bits per heavy atom. The molecule has 1 aromatic carbocycles. The van der Waals surface area contributed by atoms with Crippen molar-refractivity contribution in [2.45, 2.75) is 13.3 Å². The van der Waals surface area contributed by atoms with Crippen molar-refractivity contribution in [3.05, 3.63) is 26.4 Å². The monoisotopic (exact) mass is 338 g/mol. The Morgan fingerprint density at radius 1 is 1.20 bits per heavy atom. The topological polar surface area (TPSA) is 28.7 Å². The highest BCUT2D eigenvalue weighted by molar-refractivity contribution is 9.11. The van der Waals surface area contributed by atoms with Crippen molar-refractivity contribution in [3.63, 3.8) is 0 Å². The number of rotatable bonds is 1. The van der Waals surface area contributed by atoms with Crippen LogP contribution in [0.2, 0.25) is 0 Å². The molecule has 0 saturated carbocycles. The van der Waals surface area contributed by atoms with E-state index in [0.29, 0.717) is 23.3 Å². The van der Waals surface area contributed by atoms with Crippen molar-refractivity contribution in [3.8, 4) is 0 Å². The van der Waals surface area contributed by atoms with Gasteiger partial charge < -0.3 is 4.98 Å². The zero-order valence-corrected chi connectivity index (χ0v) is 10.8. The number of hydrogen-bond donors (Lipinski definition) is 1. The number of hydrogen-bond acceptors (Lipinski definition) is 1. The minimum atomic E-state index is -0.927. The number of halogens is 4. The maximum absolute atomic E-state index is 13.3. The van der Waals surface area contributed by atoms with Crippen LogP contribution in [-0.4, -0.2) is 9.97 Å². The maximum atomic E-state index is 13.3. The van der Waals surface area contributed by atoms with Crippen LogP contribution in [0.4, 0.5) is 8.78 Å². The fourth-order valence-corrected chi connectivity index (χ4v) is 2.24. The van der Waals surface area contributed by atoms with Crippen LogP contribution in [0.15, 0.2) is 8.95 Å². The lowest BCUT2D eigenvalue weighted by atomic mass is 10.3. The lowest BCUT2D eigenvalue weighted by Gasteiger charge is -2.00. The van der Waals surface area contributed by atoms with Gasteiger partial charge in [0.15, 0.2) is 11.6 Å². The predicted molar refractivity (Wildman–Crippen MR) is 60.8 cm³/mol. The highest BCUT2D eigenvalue weighted by Crippen LogP contribution is 2.34. The van der Waals surface area contributed by atoms with Crippen LogP contribution in [0.3, 0.4) is 0 Å². The lowest BCUT2D eigenvalue weighted by molar-refractivity contribution is 0.502. The Morgan fingerprint density at radius 2 is 1.80 bits per heavy atom. The molecule has 0 unspecified atom stereocenters. The summed E-state index contributed by atoms with van der Waals surface area (Å²) < 4.78 is 26.8. The first-order chi connectivity index (χ1) is 7.06. The van der Waals surface area contributed by atoms with Crippen LogP contribution in [-0.2, 0) is 6.42 Å². The van der Waals surface area contributed by atoms with E-state index in [1.807, 2.05) is 6.92 Å². The number of imidazole rings is 1. The van der Waals surface area contributed by atoms with E-state index in [-0.39, 0.29) is 8.95 Å². The third-order valence-electron chi connectivity index (χ3n) is 2.09. The quantitative estimate of drug-likeness (QED) is 0.619. The van der Waals surface area contributed by atoms with Gasteiger partial charge in [0.2, 0.25) is 0 Å². The molecule has 2 nitrogen and oxygen atoms in total. The van der Waals surface area contributed by atoms with Gasteiger partial charge in [0.05, 0.1) is 14.5 Å². The molecule has 6 heteroatoms. The van der Waals surface area contributed by atoms with Crippen LogP contribution >= 0.6 is 31.9 Å². The smallest absolute Gasteiger partial charge is 0.176 e. The van der Waals surface area contributed by atoms with Gasteiger partial charge in [0.25, 0.3) is 0 Å². The van der Waals surface area contributed by atoms with Gasteiger partial charge in [-0.3, -0.25) is 0 Å². The van der Waals surface area contributed by atoms with Crippen molar-refractivity contribution in [2.75, 3.05) is 0 Å². The summed E-state index contributed by atoms with van der Waals surface area (Å²) >= 11 is 5.99. The average molecular weight is 340 g/mol. The number of aromatic amines is 1. The van der Waals surface area contributed by atoms with E-state index in [4.69, 9.17) is 0 Å². The zero-order chi connectivity index (χ0) is 11.2. The molecule has 0 aliphatic rings. The highest BCUT2D eigenvalue weighted by atomic mass is 79.9. The van der Waals surface area contributed by atoms with Crippen molar-refractivity contribution in [1.82, 2.24) is 9.97 Å². The summed E-state index contributed by atoms with van der Waals surface area (Å²) in [5.41, 5.74) is 0.871. The molecule has 1 heterocycles. The molecule has 0 radical (unpaired) electrons. The van der Waals surface area contributed by atoms with Crippen LogP contribution < -0.4 is 0 Å². The van der Waals surface area contributed by atoms with Crippen LogP contribution in [0.25, 0.3) is 11.0 Å². The summed E-state index contributed by atoms with van der Waals surface area (Å²) in [6, 6.07) is 0. The number of fused-ring (bicyclic) bond motifs is 1. The van der Waals surface area contributed by atoms with Crippen LogP contribution in [0.5, 0.6) is 0 Å². The van der Waals surface area contributed by atoms with E-state index >= 15 is 0 Å². The number of benzene rings is 1. The van der Waals surface area contributed by atoms with E-state index in [2.05, 4.69) is 41.8 Å². The Balaban J connectivity index is 2.90. The first-order valence-electron chi connectivity index (χ1n) is 4.26. The average Bonchev–Trinajstić information content (AvgIpc) is 2.67. The van der Waals surface area contributed by atoms with Crippen molar-refractivity contribution < 1.29 is 8.78 Å². The maximum Gasteiger partial charge on any atom is 0.176 e. The number of nitrogens with one attached hydrogen (secondary N) is 1. The molecule has 1 aromatic heterocycles. The molecule has 0 atom stereocenters. The number of nitrogens with zero attached hydrogens (tertiary/aromatic N) is 1. The molecule has 0 bridgehead atoms. The molecule has 0 fully saturated rings. The van der Waals surface area contributed by atoms with E-state index in [1.54, 1.807) is 0 Å². The van der Waals surface area contributed by atoms with Gasteiger partial charge in [0, 0.05) is 6.42 Å². The molecule has 0 amide bonds. The number of aryl methyl sites for hydroxylation is 1.